The molecule has 0 saturated heterocycles. The van der Waals surface area contributed by atoms with Crippen LogP contribution in [0, 0.1) is 0 Å². The van der Waals surface area contributed by atoms with Crippen molar-refractivity contribution in [3.63, 3.8) is 0 Å². The van der Waals surface area contributed by atoms with Gasteiger partial charge in [0, 0.05) is 12.6 Å². The lowest BCUT2D eigenvalue weighted by atomic mass is 10.0. The molecule has 1 rings (SSSR count). The van der Waals surface area contributed by atoms with Crippen LogP contribution in [-0.2, 0) is 0 Å². The molecule has 0 amide bonds. The highest BCUT2D eigenvalue weighted by atomic mass is 16.3. The standard InChI is InChI=1S/C13H25NO/c1-3-5-8-12(4-2)14-11-13(15)9-6-7-10-13/h3,12,14-15H,1,4-11H2,2H3/t12-/m0/s1. The van der Waals surface area contributed by atoms with Gasteiger partial charge in [-0.2, -0.15) is 0 Å². The van der Waals surface area contributed by atoms with Crippen molar-refractivity contribution in [1.29, 1.82) is 0 Å². The number of nitrogens with one attached hydrogen (secondary N) is 1. The normalized spacial score (nSPS) is 21.5. The quantitative estimate of drug-likeness (QED) is 0.634. The van der Waals surface area contributed by atoms with Gasteiger partial charge in [-0.1, -0.05) is 25.8 Å². The minimum absolute atomic E-state index is 0.415. The van der Waals surface area contributed by atoms with Gasteiger partial charge >= 0.3 is 0 Å². The maximum atomic E-state index is 10.2. The molecule has 0 heterocycles. The maximum absolute atomic E-state index is 10.2. The van der Waals surface area contributed by atoms with E-state index in [2.05, 4.69) is 18.8 Å². The molecular weight excluding hydrogens is 186 g/mol. The van der Waals surface area contributed by atoms with Crippen LogP contribution >= 0.6 is 0 Å². The third-order valence-corrected chi connectivity index (χ3v) is 3.47. The Hall–Kier alpha value is -0.340. The van der Waals surface area contributed by atoms with E-state index in [9.17, 15) is 5.11 Å². The molecule has 1 aliphatic rings. The third kappa shape index (κ3) is 4.35. The van der Waals surface area contributed by atoms with Gasteiger partial charge in [-0.05, 0) is 32.1 Å². The van der Waals surface area contributed by atoms with Crippen molar-refractivity contribution in [2.75, 3.05) is 6.54 Å². The summed E-state index contributed by atoms with van der Waals surface area (Å²) >= 11 is 0. The average Bonchev–Trinajstić information content (AvgIpc) is 2.66. The lowest BCUT2D eigenvalue weighted by molar-refractivity contribution is 0.0444. The van der Waals surface area contributed by atoms with Gasteiger partial charge in [-0.3, -0.25) is 0 Å². The second-order valence-electron chi connectivity index (χ2n) is 4.78. The van der Waals surface area contributed by atoms with Gasteiger partial charge in [0.1, 0.15) is 0 Å². The minimum atomic E-state index is -0.415. The lowest BCUT2D eigenvalue weighted by Gasteiger charge is -2.26. The molecule has 15 heavy (non-hydrogen) atoms. The summed E-state index contributed by atoms with van der Waals surface area (Å²) in [6.45, 7) is 6.70. The number of rotatable bonds is 7. The van der Waals surface area contributed by atoms with Crippen molar-refractivity contribution in [1.82, 2.24) is 5.32 Å². The summed E-state index contributed by atoms with van der Waals surface area (Å²) in [7, 11) is 0. The Bertz CT molecular complexity index is 185. The van der Waals surface area contributed by atoms with Crippen LogP contribution in [0.4, 0.5) is 0 Å². The van der Waals surface area contributed by atoms with Gasteiger partial charge in [0.15, 0.2) is 0 Å². The molecular formula is C13H25NO. The number of aliphatic hydroxyl groups is 1. The predicted octanol–water partition coefficient (Wildman–Crippen LogP) is 2.63. The second-order valence-corrected chi connectivity index (χ2v) is 4.78. The number of hydrogen-bond acceptors (Lipinski definition) is 2. The Balaban J connectivity index is 2.23. The summed E-state index contributed by atoms with van der Waals surface area (Å²) < 4.78 is 0. The molecule has 1 saturated carbocycles. The highest BCUT2D eigenvalue weighted by Crippen LogP contribution is 2.28. The highest BCUT2D eigenvalue weighted by molar-refractivity contribution is 4.87. The Morgan fingerprint density at radius 1 is 1.47 bits per heavy atom. The van der Waals surface area contributed by atoms with E-state index in [0.717, 1.165) is 38.6 Å². The van der Waals surface area contributed by atoms with E-state index >= 15 is 0 Å². The first-order valence-electron chi connectivity index (χ1n) is 6.27. The predicted molar refractivity (Wildman–Crippen MR) is 64.9 cm³/mol. The fourth-order valence-electron chi connectivity index (χ4n) is 2.31. The molecule has 0 aromatic heterocycles. The molecule has 0 bridgehead atoms. The van der Waals surface area contributed by atoms with E-state index in [4.69, 9.17) is 0 Å². The van der Waals surface area contributed by atoms with Crippen LogP contribution in [0.3, 0.4) is 0 Å². The Labute approximate surface area is 93.8 Å². The first kappa shape index (κ1) is 12.7. The Morgan fingerprint density at radius 3 is 2.67 bits per heavy atom. The van der Waals surface area contributed by atoms with E-state index < -0.39 is 5.60 Å². The Morgan fingerprint density at radius 2 is 2.13 bits per heavy atom. The molecule has 0 aromatic rings. The molecule has 0 aromatic carbocycles. The molecule has 0 unspecified atom stereocenters. The summed E-state index contributed by atoms with van der Waals surface area (Å²) in [5.41, 5.74) is -0.415. The molecule has 88 valence electrons. The van der Waals surface area contributed by atoms with E-state index in [1.54, 1.807) is 0 Å². The van der Waals surface area contributed by atoms with Crippen molar-refractivity contribution in [3.05, 3.63) is 12.7 Å². The summed E-state index contributed by atoms with van der Waals surface area (Å²) in [6, 6.07) is 0.535. The second kappa shape index (κ2) is 6.29. The molecule has 2 heteroatoms. The average molecular weight is 211 g/mol. The van der Waals surface area contributed by atoms with Crippen molar-refractivity contribution in [2.45, 2.75) is 63.5 Å². The summed E-state index contributed by atoms with van der Waals surface area (Å²) in [5.74, 6) is 0. The van der Waals surface area contributed by atoms with Crippen LogP contribution < -0.4 is 5.32 Å². The first-order valence-corrected chi connectivity index (χ1v) is 6.27. The van der Waals surface area contributed by atoms with Crippen LogP contribution in [0.25, 0.3) is 0 Å². The number of allylic oxidation sites excluding steroid dienone is 1. The van der Waals surface area contributed by atoms with Crippen LogP contribution in [0.1, 0.15) is 51.9 Å². The zero-order valence-corrected chi connectivity index (χ0v) is 9.97. The molecule has 2 N–H and O–H groups in total. The van der Waals surface area contributed by atoms with Crippen LogP contribution in [-0.4, -0.2) is 23.3 Å². The largest absolute Gasteiger partial charge is 0.389 e. The summed E-state index contributed by atoms with van der Waals surface area (Å²) in [5, 5.41) is 13.7. The zero-order chi connectivity index (χ0) is 11.1. The van der Waals surface area contributed by atoms with Gasteiger partial charge in [-0.25, -0.2) is 0 Å². The zero-order valence-electron chi connectivity index (χ0n) is 9.97. The van der Waals surface area contributed by atoms with Gasteiger partial charge in [0.05, 0.1) is 5.60 Å². The monoisotopic (exact) mass is 211 g/mol. The summed E-state index contributed by atoms with van der Waals surface area (Å²) in [6.07, 6.45) is 9.59. The maximum Gasteiger partial charge on any atom is 0.0771 e. The SMILES string of the molecule is C=CCC[C@H](CC)NCC1(O)CCCC1. The van der Waals surface area contributed by atoms with Crippen molar-refractivity contribution in [2.24, 2.45) is 0 Å². The van der Waals surface area contributed by atoms with Crippen LogP contribution in [0.15, 0.2) is 12.7 Å². The lowest BCUT2D eigenvalue weighted by Crippen LogP contribution is -2.42. The molecule has 0 radical (unpaired) electrons. The molecule has 0 aliphatic heterocycles. The first-order chi connectivity index (χ1) is 7.20. The Kier molecular flexibility index (Phi) is 5.34. The molecule has 1 fully saturated rings. The van der Waals surface area contributed by atoms with Crippen LogP contribution in [0.2, 0.25) is 0 Å². The molecule has 1 atom stereocenters. The van der Waals surface area contributed by atoms with Crippen molar-refractivity contribution < 1.29 is 5.11 Å². The minimum Gasteiger partial charge on any atom is -0.389 e. The summed E-state index contributed by atoms with van der Waals surface area (Å²) in [4.78, 5) is 0. The van der Waals surface area contributed by atoms with Gasteiger partial charge in [0.2, 0.25) is 0 Å². The molecule has 2 nitrogen and oxygen atoms in total. The van der Waals surface area contributed by atoms with Gasteiger partial charge in [0.25, 0.3) is 0 Å². The molecule has 1 aliphatic carbocycles. The van der Waals surface area contributed by atoms with Crippen molar-refractivity contribution in [3.8, 4) is 0 Å². The van der Waals surface area contributed by atoms with Crippen LogP contribution in [0.5, 0.6) is 0 Å². The van der Waals surface area contributed by atoms with E-state index in [1.165, 1.54) is 12.8 Å². The van der Waals surface area contributed by atoms with E-state index in [0.29, 0.717) is 6.04 Å². The van der Waals surface area contributed by atoms with E-state index in [-0.39, 0.29) is 0 Å². The third-order valence-electron chi connectivity index (χ3n) is 3.47. The van der Waals surface area contributed by atoms with E-state index in [1.807, 2.05) is 6.08 Å². The fourth-order valence-corrected chi connectivity index (χ4v) is 2.31. The van der Waals surface area contributed by atoms with Gasteiger partial charge in [-0.15, -0.1) is 6.58 Å². The smallest absolute Gasteiger partial charge is 0.0771 e. The van der Waals surface area contributed by atoms with Crippen molar-refractivity contribution >= 4 is 0 Å². The number of hydrogen-bond donors (Lipinski definition) is 2. The topological polar surface area (TPSA) is 32.3 Å². The highest BCUT2D eigenvalue weighted by Gasteiger charge is 2.30. The molecule has 0 spiro atoms. The fraction of sp³-hybridized carbons (Fsp3) is 0.846. The van der Waals surface area contributed by atoms with Gasteiger partial charge < -0.3 is 10.4 Å².